The first kappa shape index (κ1) is 17.0. The van der Waals surface area contributed by atoms with Crippen LogP contribution in [0.3, 0.4) is 0 Å². The molecular weight excluding hydrogens is 322 g/mol. The van der Waals surface area contributed by atoms with E-state index in [1.54, 1.807) is 18.7 Å². The molecule has 1 saturated heterocycles. The average molecular weight is 345 g/mol. The van der Waals surface area contributed by atoms with Gasteiger partial charge >= 0.3 is 0 Å². The van der Waals surface area contributed by atoms with Crippen LogP contribution in [-0.4, -0.2) is 33.5 Å². The molecule has 3 rings (SSSR count). The van der Waals surface area contributed by atoms with Crippen molar-refractivity contribution in [2.24, 2.45) is 5.92 Å². The van der Waals surface area contributed by atoms with Crippen molar-refractivity contribution in [1.29, 1.82) is 0 Å². The lowest BCUT2D eigenvalue weighted by Gasteiger charge is -2.27. The van der Waals surface area contributed by atoms with Gasteiger partial charge in [0.1, 0.15) is 0 Å². The summed E-state index contributed by atoms with van der Waals surface area (Å²) < 4.78 is 5.11. The Hall–Kier alpha value is -1.82. The summed E-state index contributed by atoms with van der Waals surface area (Å²) in [5.41, 5.74) is 0.764. The van der Waals surface area contributed by atoms with Crippen LogP contribution in [0, 0.1) is 12.8 Å². The van der Waals surface area contributed by atoms with Gasteiger partial charge in [0, 0.05) is 23.0 Å². The van der Waals surface area contributed by atoms with Crippen LogP contribution < -0.4 is 0 Å². The zero-order valence-corrected chi connectivity index (χ0v) is 15.2. The molecule has 1 aromatic carbocycles. The number of hydrogen-bond donors (Lipinski definition) is 0. The minimum atomic E-state index is 0.148. The van der Waals surface area contributed by atoms with Crippen molar-refractivity contribution < 1.29 is 9.32 Å². The normalized spacial score (nSPS) is 17.7. The molecule has 0 spiro atoms. The Labute approximate surface area is 146 Å². The summed E-state index contributed by atoms with van der Waals surface area (Å²) in [5, 5.41) is 3.78. The van der Waals surface area contributed by atoms with Crippen molar-refractivity contribution in [1.82, 2.24) is 15.0 Å². The predicted octanol–water partition coefficient (Wildman–Crippen LogP) is 3.93. The molecule has 0 unspecified atom stereocenters. The van der Waals surface area contributed by atoms with Gasteiger partial charge in [-0.3, -0.25) is 4.79 Å². The number of benzene rings is 1. The fourth-order valence-corrected chi connectivity index (χ4v) is 3.88. The molecule has 0 saturated carbocycles. The van der Waals surface area contributed by atoms with Crippen molar-refractivity contribution in [3.05, 3.63) is 41.5 Å². The van der Waals surface area contributed by atoms with Gasteiger partial charge in [-0.05, 0) is 49.9 Å². The van der Waals surface area contributed by atoms with Crippen LogP contribution >= 0.6 is 11.8 Å². The monoisotopic (exact) mass is 345 g/mol. The average Bonchev–Trinajstić information content (AvgIpc) is 3.21. The standard InChI is InChI=1S/C18H23N3O2S/c1-12(2)16-5-4-10-21(16)18(22)14-6-8-15(9-7-14)24-11-17-19-13(3)20-23-17/h6-9,12,16H,4-5,10-11H2,1-3H3/t16-/m1/s1. The summed E-state index contributed by atoms with van der Waals surface area (Å²) in [6.07, 6.45) is 2.22. The fourth-order valence-electron chi connectivity index (χ4n) is 3.14. The molecule has 1 aromatic heterocycles. The number of rotatable bonds is 5. The zero-order valence-electron chi connectivity index (χ0n) is 14.4. The number of hydrogen-bond acceptors (Lipinski definition) is 5. The van der Waals surface area contributed by atoms with Gasteiger partial charge in [0.15, 0.2) is 5.82 Å². The van der Waals surface area contributed by atoms with E-state index in [4.69, 9.17) is 4.52 Å². The van der Waals surface area contributed by atoms with E-state index in [9.17, 15) is 4.79 Å². The zero-order chi connectivity index (χ0) is 17.1. The van der Waals surface area contributed by atoms with Gasteiger partial charge in [0.05, 0.1) is 5.75 Å². The molecule has 6 heteroatoms. The summed E-state index contributed by atoms with van der Waals surface area (Å²) in [6, 6.07) is 8.18. The van der Waals surface area contributed by atoms with Gasteiger partial charge in [0.25, 0.3) is 5.91 Å². The van der Waals surface area contributed by atoms with Crippen molar-refractivity contribution in [2.45, 2.75) is 50.3 Å². The smallest absolute Gasteiger partial charge is 0.254 e. The number of thioether (sulfide) groups is 1. The second kappa shape index (κ2) is 7.38. The van der Waals surface area contributed by atoms with Crippen molar-refractivity contribution in [2.75, 3.05) is 6.54 Å². The molecule has 1 aliphatic heterocycles. The molecule has 2 heterocycles. The molecule has 128 valence electrons. The van der Waals surface area contributed by atoms with E-state index in [1.165, 1.54) is 0 Å². The highest BCUT2D eigenvalue weighted by Crippen LogP contribution is 2.27. The largest absolute Gasteiger partial charge is 0.338 e. The highest BCUT2D eigenvalue weighted by atomic mass is 32.2. The van der Waals surface area contributed by atoms with Crippen LogP contribution in [0.2, 0.25) is 0 Å². The van der Waals surface area contributed by atoms with Gasteiger partial charge < -0.3 is 9.42 Å². The highest BCUT2D eigenvalue weighted by Gasteiger charge is 2.31. The predicted molar refractivity (Wildman–Crippen MR) is 93.9 cm³/mol. The molecule has 24 heavy (non-hydrogen) atoms. The molecule has 1 amide bonds. The van der Waals surface area contributed by atoms with Crippen LogP contribution in [0.5, 0.6) is 0 Å². The Kier molecular flexibility index (Phi) is 5.23. The van der Waals surface area contributed by atoms with Crippen molar-refractivity contribution in [3.8, 4) is 0 Å². The lowest BCUT2D eigenvalue weighted by molar-refractivity contribution is 0.0701. The molecule has 2 aromatic rings. The molecular formula is C18H23N3O2S. The molecule has 1 aliphatic rings. The molecule has 1 fully saturated rings. The number of carbonyl (C=O) groups excluding carboxylic acids is 1. The first-order valence-corrected chi connectivity index (χ1v) is 9.36. The molecule has 0 bridgehead atoms. The van der Waals surface area contributed by atoms with Gasteiger partial charge in [-0.25, -0.2) is 0 Å². The number of nitrogens with zero attached hydrogens (tertiary/aromatic N) is 3. The van der Waals surface area contributed by atoms with E-state index in [2.05, 4.69) is 24.0 Å². The van der Waals surface area contributed by atoms with Crippen LogP contribution in [0.1, 0.15) is 48.8 Å². The van der Waals surface area contributed by atoms with Gasteiger partial charge in [-0.15, -0.1) is 11.8 Å². The fraction of sp³-hybridized carbons (Fsp3) is 0.500. The number of amides is 1. The van der Waals surface area contributed by atoms with Gasteiger partial charge in [-0.1, -0.05) is 19.0 Å². The van der Waals surface area contributed by atoms with E-state index in [0.717, 1.165) is 29.8 Å². The quantitative estimate of drug-likeness (QED) is 0.769. The third kappa shape index (κ3) is 3.80. The second-order valence-corrected chi connectivity index (χ2v) is 7.55. The van der Waals surface area contributed by atoms with E-state index < -0.39 is 0 Å². The first-order chi connectivity index (χ1) is 11.5. The minimum Gasteiger partial charge on any atom is -0.338 e. The van der Waals surface area contributed by atoms with E-state index >= 15 is 0 Å². The van der Waals surface area contributed by atoms with Crippen molar-refractivity contribution in [3.63, 3.8) is 0 Å². The Balaban J connectivity index is 1.62. The number of carbonyl (C=O) groups is 1. The Morgan fingerprint density at radius 1 is 1.38 bits per heavy atom. The van der Waals surface area contributed by atoms with Gasteiger partial charge in [-0.2, -0.15) is 4.98 Å². The maximum Gasteiger partial charge on any atom is 0.254 e. The summed E-state index contributed by atoms with van der Waals surface area (Å²) >= 11 is 1.62. The first-order valence-electron chi connectivity index (χ1n) is 8.37. The molecule has 0 N–H and O–H groups in total. The van der Waals surface area contributed by atoms with E-state index in [0.29, 0.717) is 29.4 Å². The lowest BCUT2D eigenvalue weighted by Crippen LogP contribution is -2.38. The van der Waals surface area contributed by atoms with Crippen LogP contribution in [-0.2, 0) is 5.75 Å². The van der Waals surface area contributed by atoms with Crippen LogP contribution in [0.25, 0.3) is 0 Å². The third-order valence-corrected chi connectivity index (χ3v) is 5.36. The summed E-state index contributed by atoms with van der Waals surface area (Å²) in [5.74, 6) is 2.56. The topological polar surface area (TPSA) is 59.2 Å². The van der Waals surface area contributed by atoms with Crippen molar-refractivity contribution >= 4 is 17.7 Å². The number of likely N-dealkylation sites (tertiary alicyclic amines) is 1. The minimum absolute atomic E-state index is 0.148. The van der Waals surface area contributed by atoms with E-state index in [1.807, 2.05) is 29.2 Å². The lowest BCUT2D eigenvalue weighted by atomic mass is 10.0. The van der Waals surface area contributed by atoms with E-state index in [-0.39, 0.29) is 5.91 Å². The van der Waals surface area contributed by atoms with Crippen LogP contribution in [0.15, 0.2) is 33.7 Å². The maximum absolute atomic E-state index is 12.7. The highest BCUT2D eigenvalue weighted by molar-refractivity contribution is 7.98. The second-order valence-electron chi connectivity index (χ2n) is 6.50. The third-order valence-electron chi connectivity index (χ3n) is 4.36. The summed E-state index contributed by atoms with van der Waals surface area (Å²) in [6.45, 7) is 7.06. The Morgan fingerprint density at radius 2 is 2.12 bits per heavy atom. The molecule has 1 atom stereocenters. The molecule has 5 nitrogen and oxygen atoms in total. The Bertz CT molecular complexity index is 697. The molecule has 0 radical (unpaired) electrons. The number of aryl methyl sites for hydroxylation is 1. The van der Waals surface area contributed by atoms with Crippen LogP contribution in [0.4, 0.5) is 0 Å². The maximum atomic E-state index is 12.7. The van der Waals surface area contributed by atoms with Gasteiger partial charge in [0.2, 0.25) is 5.89 Å². The summed E-state index contributed by atoms with van der Waals surface area (Å²) in [7, 11) is 0. The summed E-state index contributed by atoms with van der Waals surface area (Å²) in [4.78, 5) is 20.1. The SMILES string of the molecule is Cc1noc(CSc2ccc(C(=O)N3CCC[C@@H]3C(C)C)cc2)n1. The Morgan fingerprint density at radius 3 is 2.75 bits per heavy atom. The molecule has 0 aliphatic carbocycles. The number of aromatic nitrogens is 2.